The lowest BCUT2D eigenvalue weighted by Crippen LogP contribution is -2.15. The molecule has 0 aliphatic carbocycles. The maximum absolute atomic E-state index is 12.1. The number of aryl methyl sites for hydroxylation is 1. The Hall–Kier alpha value is -1.46. The Kier molecular flexibility index (Phi) is 3.16. The van der Waals surface area contributed by atoms with Crippen LogP contribution in [0.3, 0.4) is 0 Å². The Bertz CT molecular complexity index is 325. The summed E-state index contributed by atoms with van der Waals surface area (Å²) in [4.78, 5) is 10.7. The summed E-state index contributed by atoms with van der Waals surface area (Å²) in [7, 11) is 0. The number of aromatic amines is 1. The average molecular weight is 204 g/mol. The lowest BCUT2D eigenvalue weighted by Gasteiger charge is -2.10. The van der Waals surface area contributed by atoms with Crippen LogP contribution in [0.25, 0.3) is 0 Å². The number of nitrogens with zero attached hydrogens (tertiary/aromatic N) is 1. The van der Waals surface area contributed by atoms with E-state index in [0.717, 1.165) is 0 Å². The van der Waals surface area contributed by atoms with Gasteiger partial charge in [-0.05, 0) is 6.92 Å². The Balaban J connectivity index is 2.89. The molecule has 6 heteroatoms. The standard InChI is InChI=1S/C8H10F2N2O2/c1-4-6(3-11-12-4)5(8(13)14)2-7(9)10/h3,5,7H,2H2,1H3,(H,11,12)(H,13,14). The number of nitrogens with one attached hydrogen (secondary N) is 1. The van der Waals surface area contributed by atoms with Crippen LogP contribution >= 0.6 is 0 Å². The van der Waals surface area contributed by atoms with Gasteiger partial charge in [0.2, 0.25) is 6.43 Å². The maximum Gasteiger partial charge on any atom is 0.311 e. The highest BCUT2D eigenvalue weighted by Crippen LogP contribution is 2.24. The molecule has 0 saturated carbocycles. The molecular formula is C8H10F2N2O2. The molecule has 0 saturated heterocycles. The quantitative estimate of drug-likeness (QED) is 0.781. The number of carbonyl (C=O) groups is 1. The van der Waals surface area contributed by atoms with Crippen LogP contribution in [0.4, 0.5) is 8.78 Å². The molecule has 2 N–H and O–H groups in total. The molecule has 14 heavy (non-hydrogen) atoms. The first-order valence-electron chi connectivity index (χ1n) is 4.03. The van der Waals surface area contributed by atoms with Crippen LogP contribution in [-0.2, 0) is 4.79 Å². The van der Waals surface area contributed by atoms with Crippen molar-refractivity contribution in [3.05, 3.63) is 17.5 Å². The van der Waals surface area contributed by atoms with Gasteiger partial charge in [0, 0.05) is 18.2 Å². The molecule has 0 radical (unpaired) electrons. The van der Waals surface area contributed by atoms with Crippen LogP contribution < -0.4 is 0 Å². The molecule has 1 aromatic rings. The van der Waals surface area contributed by atoms with Crippen molar-refractivity contribution in [2.75, 3.05) is 0 Å². The smallest absolute Gasteiger partial charge is 0.311 e. The van der Waals surface area contributed by atoms with Crippen molar-refractivity contribution in [1.29, 1.82) is 0 Å². The summed E-state index contributed by atoms with van der Waals surface area (Å²) < 4.78 is 24.1. The van der Waals surface area contributed by atoms with Crippen molar-refractivity contribution >= 4 is 5.97 Å². The molecular weight excluding hydrogens is 194 g/mol. The Morgan fingerprint density at radius 2 is 2.36 bits per heavy atom. The SMILES string of the molecule is Cc1n[nH]cc1C(CC(F)F)C(=O)O. The summed E-state index contributed by atoms with van der Waals surface area (Å²) >= 11 is 0. The lowest BCUT2D eigenvalue weighted by molar-refractivity contribution is -0.139. The zero-order chi connectivity index (χ0) is 10.7. The molecule has 1 atom stereocenters. The minimum Gasteiger partial charge on any atom is -0.481 e. The van der Waals surface area contributed by atoms with E-state index in [-0.39, 0.29) is 0 Å². The van der Waals surface area contributed by atoms with Gasteiger partial charge < -0.3 is 5.11 Å². The fourth-order valence-corrected chi connectivity index (χ4v) is 1.26. The van der Waals surface area contributed by atoms with Crippen LogP contribution in [0.1, 0.15) is 23.6 Å². The first-order valence-corrected chi connectivity index (χ1v) is 4.03. The predicted molar refractivity (Wildman–Crippen MR) is 44.3 cm³/mol. The van der Waals surface area contributed by atoms with Crippen molar-refractivity contribution in [2.24, 2.45) is 0 Å². The third kappa shape index (κ3) is 2.27. The van der Waals surface area contributed by atoms with E-state index in [4.69, 9.17) is 5.11 Å². The average Bonchev–Trinajstić information content (AvgIpc) is 2.46. The van der Waals surface area contributed by atoms with Gasteiger partial charge in [0.1, 0.15) is 0 Å². The molecule has 1 aromatic heterocycles. The second-order valence-electron chi connectivity index (χ2n) is 2.94. The highest BCUT2D eigenvalue weighted by Gasteiger charge is 2.26. The van der Waals surface area contributed by atoms with Gasteiger partial charge in [0.05, 0.1) is 11.6 Å². The number of H-pyrrole nitrogens is 1. The summed E-state index contributed by atoms with van der Waals surface area (Å²) in [6.45, 7) is 1.58. The van der Waals surface area contributed by atoms with Gasteiger partial charge in [-0.2, -0.15) is 5.10 Å². The summed E-state index contributed by atoms with van der Waals surface area (Å²) in [5, 5.41) is 14.9. The predicted octanol–water partition coefficient (Wildman–Crippen LogP) is 1.54. The fourth-order valence-electron chi connectivity index (χ4n) is 1.26. The van der Waals surface area contributed by atoms with Crippen molar-refractivity contribution in [3.63, 3.8) is 0 Å². The largest absolute Gasteiger partial charge is 0.481 e. The van der Waals surface area contributed by atoms with Gasteiger partial charge in [-0.25, -0.2) is 8.78 Å². The third-order valence-corrected chi connectivity index (χ3v) is 1.96. The van der Waals surface area contributed by atoms with E-state index < -0.39 is 24.7 Å². The molecule has 0 aromatic carbocycles. The highest BCUT2D eigenvalue weighted by molar-refractivity contribution is 5.76. The van der Waals surface area contributed by atoms with Crippen LogP contribution in [0, 0.1) is 6.92 Å². The number of carboxylic acids is 1. The van der Waals surface area contributed by atoms with Gasteiger partial charge >= 0.3 is 5.97 Å². The van der Waals surface area contributed by atoms with Gasteiger partial charge in [0.25, 0.3) is 0 Å². The fraction of sp³-hybridized carbons (Fsp3) is 0.500. The number of carboxylic acid groups (broad SMARTS) is 1. The third-order valence-electron chi connectivity index (χ3n) is 1.96. The van der Waals surface area contributed by atoms with Gasteiger partial charge in [0.15, 0.2) is 0 Å². The molecule has 0 fully saturated rings. The number of aromatic nitrogens is 2. The number of alkyl halides is 2. The Morgan fingerprint density at radius 1 is 1.71 bits per heavy atom. The normalized spacial score (nSPS) is 13.1. The minimum atomic E-state index is -2.63. The summed E-state index contributed by atoms with van der Waals surface area (Å²) in [6.07, 6.45) is -1.97. The molecule has 0 aliphatic heterocycles. The number of rotatable bonds is 4. The molecule has 1 rings (SSSR count). The molecule has 1 unspecified atom stereocenters. The van der Waals surface area contributed by atoms with E-state index in [0.29, 0.717) is 11.3 Å². The van der Waals surface area contributed by atoms with Crippen molar-refractivity contribution in [2.45, 2.75) is 25.7 Å². The van der Waals surface area contributed by atoms with E-state index >= 15 is 0 Å². The monoisotopic (exact) mass is 204 g/mol. The van der Waals surface area contributed by atoms with Gasteiger partial charge in [-0.3, -0.25) is 9.89 Å². The van der Waals surface area contributed by atoms with Crippen molar-refractivity contribution in [1.82, 2.24) is 10.2 Å². The van der Waals surface area contributed by atoms with Crippen LogP contribution in [0.2, 0.25) is 0 Å². The van der Waals surface area contributed by atoms with Crippen LogP contribution in [0.15, 0.2) is 6.20 Å². The van der Waals surface area contributed by atoms with E-state index in [1.807, 2.05) is 0 Å². The van der Waals surface area contributed by atoms with Crippen molar-refractivity contribution < 1.29 is 18.7 Å². The number of aliphatic carboxylic acids is 1. The molecule has 0 bridgehead atoms. The number of hydrogen-bond acceptors (Lipinski definition) is 2. The molecule has 78 valence electrons. The van der Waals surface area contributed by atoms with Crippen molar-refractivity contribution in [3.8, 4) is 0 Å². The lowest BCUT2D eigenvalue weighted by atomic mass is 9.97. The van der Waals surface area contributed by atoms with E-state index in [1.54, 1.807) is 6.92 Å². The second kappa shape index (κ2) is 4.17. The van der Waals surface area contributed by atoms with Crippen LogP contribution in [-0.4, -0.2) is 27.7 Å². The first-order chi connectivity index (χ1) is 6.52. The van der Waals surface area contributed by atoms with Crippen LogP contribution in [0.5, 0.6) is 0 Å². The van der Waals surface area contributed by atoms with E-state index in [1.165, 1.54) is 6.20 Å². The zero-order valence-electron chi connectivity index (χ0n) is 7.50. The Morgan fingerprint density at radius 3 is 2.71 bits per heavy atom. The summed E-state index contributed by atoms with van der Waals surface area (Å²) in [6, 6.07) is 0. The van der Waals surface area contributed by atoms with E-state index in [9.17, 15) is 13.6 Å². The molecule has 0 amide bonds. The summed E-state index contributed by atoms with van der Waals surface area (Å²) in [5.74, 6) is -2.44. The topological polar surface area (TPSA) is 66.0 Å². The van der Waals surface area contributed by atoms with Gasteiger partial charge in [-0.1, -0.05) is 0 Å². The number of halogens is 2. The molecule has 1 heterocycles. The minimum absolute atomic E-state index is 0.317. The van der Waals surface area contributed by atoms with E-state index in [2.05, 4.69) is 10.2 Å². The summed E-state index contributed by atoms with van der Waals surface area (Å²) in [5.41, 5.74) is 0.760. The highest BCUT2D eigenvalue weighted by atomic mass is 19.3. The Labute approximate surface area is 78.9 Å². The molecule has 4 nitrogen and oxygen atoms in total. The molecule has 0 spiro atoms. The second-order valence-corrected chi connectivity index (χ2v) is 2.94. The molecule has 0 aliphatic rings. The maximum atomic E-state index is 12.1. The zero-order valence-corrected chi connectivity index (χ0v) is 7.50. The number of hydrogen-bond donors (Lipinski definition) is 2. The van der Waals surface area contributed by atoms with Gasteiger partial charge in [-0.15, -0.1) is 0 Å². The first kappa shape index (κ1) is 10.6.